The molecule has 92 valence electrons. The first-order valence-electron chi connectivity index (χ1n) is 4.72. The molecule has 4 nitrogen and oxygen atoms in total. The van der Waals surface area contributed by atoms with E-state index in [0.717, 1.165) is 0 Å². The van der Waals surface area contributed by atoms with Gasteiger partial charge in [-0.25, -0.2) is 4.79 Å². The lowest BCUT2D eigenvalue weighted by atomic mass is 10.0. The van der Waals surface area contributed by atoms with Gasteiger partial charge in [-0.3, -0.25) is 4.79 Å². The molecule has 2 N–H and O–H groups in total. The Bertz CT molecular complexity index is 461. The van der Waals surface area contributed by atoms with E-state index in [2.05, 4.69) is 28.6 Å². The van der Waals surface area contributed by atoms with E-state index >= 15 is 0 Å². The molecule has 1 rings (SSSR count). The van der Waals surface area contributed by atoms with Gasteiger partial charge in [0.1, 0.15) is 5.78 Å². The van der Waals surface area contributed by atoms with E-state index in [9.17, 15) is 14.7 Å². The average molecular weight is 319 g/mol. The number of ketones is 1. The Balaban J connectivity index is 3.19. The molecule has 2 unspecified atom stereocenters. The fraction of sp³-hybridized carbons (Fsp3) is 0.273. The highest BCUT2D eigenvalue weighted by atomic mass is 79.9. The number of alkyl halides is 1. The van der Waals surface area contributed by atoms with E-state index in [4.69, 9.17) is 5.11 Å². The van der Waals surface area contributed by atoms with E-state index in [1.165, 1.54) is 19.1 Å². The first-order chi connectivity index (χ1) is 7.84. The summed E-state index contributed by atoms with van der Waals surface area (Å²) in [5.41, 5.74) is 0.759. The van der Waals surface area contributed by atoms with Crippen molar-refractivity contribution in [2.45, 2.75) is 22.8 Å². The van der Waals surface area contributed by atoms with Gasteiger partial charge in [0.15, 0.2) is 6.10 Å². The van der Waals surface area contributed by atoms with Crippen molar-refractivity contribution >= 4 is 40.3 Å². The highest BCUT2D eigenvalue weighted by molar-refractivity contribution is 9.09. The van der Waals surface area contributed by atoms with E-state index in [0.29, 0.717) is 10.5 Å². The third-order valence-electron chi connectivity index (χ3n) is 2.23. The molecule has 1 aromatic carbocycles. The number of aliphatic hydroxyl groups is 1. The summed E-state index contributed by atoms with van der Waals surface area (Å²) in [4.78, 5) is 21.9. The minimum atomic E-state index is -1.60. The number of rotatable bonds is 4. The third kappa shape index (κ3) is 3.31. The minimum absolute atomic E-state index is 0.123. The number of benzene rings is 1. The second-order valence-electron chi connectivity index (χ2n) is 3.53. The highest BCUT2D eigenvalue weighted by Crippen LogP contribution is 2.31. The Morgan fingerprint density at radius 2 is 2.00 bits per heavy atom. The van der Waals surface area contributed by atoms with Gasteiger partial charge in [0.05, 0.1) is 4.83 Å². The van der Waals surface area contributed by atoms with Crippen molar-refractivity contribution in [3.63, 3.8) is 0 Å². The zero-order valence-electron chi connectivity index (χ0n) is 8.92. The number of aliphatic hydroxyl groups excluding tert-OH is 1. The van der Waals surface area contributed by atoms with Gasteiger partial charge in [-0.2, -0.15) is 0 Å². The quantitative estimate of drug-likeness (QED) is 0.587. The molecule has 0 spiro atoms. The lowest BCUT2D eigenvalue weighted by Crippen LogP contribution is -2.11. The van der Waals surface area contributed by atoms with Crippen molar-refractivity contribution in [2.24, 2.45) is 0 Å². The van der Waals surface area contributed by atoms with E-state index in [1.54, 1.807) is 6.07 Å². The summed E-state index contributed by atoms with van der Waals surface area (Å²) in [6.07, 6.45) is -1.60. The molecule has 1 aromatic rings. The van der Waals surface area contributed by atoms with Crippen molar-refractivity contribution in [1.29, 1.82) is 0 Å². The molecule has 0 aromatic heterocycles. The van der Waals surface area contributed by atoms with Gasteiger partial charge in [0, 0.05) is 4.90 Å². The number of carbonyl (C=O) groups is 2. The molecule has 0 aliphatic heterocycles. The number of thiol groups is 1. The molecule has 6 heteroatoms. The van der Waals surface area contributed by atoms with E-state index in [-0.39, 0.29) is 11.3 Å². The van der Waals surface area contributed by atoms with Gasteiger partial charge in [-0.15, -0.1) is 12.6 Å². The van der Waals surface area contributed by atoms with Crippen LogP contribution in [0.15, 0.2) is 23.1 Å². The molecule has 17 heavy (non-hydrogen) atoms. The zero-order valence-corrected chi connectivity index (χ0v) is 11.4. The summed E-state index contributed by atoms with van der Waals surface area (Å²) in [7, 11) is 0. The molecular formula is C11H11BrO4S. The monoisotopic (exact) mass is 318 g/mol. The van der Waals surface area contributed by atoms with Crippen LogP contribution in [-0.2, 0) is 9.59 Å². The lowest BCUT2D eigenvalue weighted by Gasteiger charge is -2.13. The van der Waals surface area contributed by atoms with Crippen molar-refractivity contribution in [2.75, 3.05) is 0 Å². The number of hydrogen-bond acceptors (Lipinski definition) is 4. The first kappa shape index (κ1) is 14.2. The van der Waals surface area contributed by atoms with Gasteiger partial charge in [0.25, 0.3) is 0 Å². The maximum atomic E-state index is 11.3. The number of aliphatic carboxylic acids is 1. The van der Waals surface area contributed by atoms with Gasteiger partial charge in [0.2, 0.25) is 0 Å². The second kappa shape index (κ2) is 5.66. The van der Waals surface area contributed by atoms with Crippen LogP contribution in [0.3, 0.4) is 0 Å². The SMILES string of the molecule is CC(=O)C(Br)c1cc(C(O)C(=O)O)ccc1S. The maximum Gasteiger partial charge on any atom is 0.337 e. The molecule has 0 saturated carbocycles. The number of Topliss-reactive ketones (excluding diaryl/α,β-unsaturated/α-hetero) is 1. The van der Waals surface area contributed by atoms with Crippen LogP contribution in [0, 0.1) is 0 Å². The summed E-state index contributed by atoms with van der Waals surface area (Å²) in [6, 6.07) is 4.48. The van der Waals surface area contributed by atoms with Crippen LogP contribution in [0.2, 0.25) is 0 Å². The Kier molecular flexibility index (Phi) is 4.73. The molecule has 0 aliphatic carbocycles. The Morgan fingerprint density at radius 1 is 1.41 bits per heavy atom. The first-order valence-corrected chi connectivity index (χ1v) is 6.09. The van der Waals surface area contributed by atoms with Crippen LogP contribution in [0.1, 0.15) is 29.0 Å². The normalized spacial score (nSPS) is 14.1. The molecule has 0 radical (unpaired) electrons. The van der Waals surface area contributed by atoms with Crippen LogP contribution < -0.4 is 0 Å². The van der Waals surface area contributed by atoms with Crippen LogP contribution in [0.25, 0.3) is 0 Å². The topological polar surface area (TPSA) is 74.6 Å². The molecule has 0 heterocycles. The summed E-state index contributed by atoms with van der Waals surface area (Å²) < 4.78 is 0. The summed E-state index contributed by atoms with van der Waals surface area (Å²) in [5.74, 6) is -1.46. The maximum absolute atomic E-state index is 11.3. The highest BCUT2D eigenvalue weighted by Gasteiger charge is 2.20. The summed E-state index contributed by atoms with van der Waals surface area (Å²) >= 11 is 7.38. The van der Waals surface area contributed by atoms with Crippen molar-refractivity contribution in [3.05, 3.63) is 29.3 Å². The lowest BCUT2D eigenvalue weighted by molar-refractivity contribution is -0.146. The molecule has 2 atom stereocenters. The molecule has 0 saturated heterocycles. The third-order valence-corrected chi connectivity index (χ3v) is 3.78. The average Bonchev–Trinajstić information content (AvgIpc) is 2.27. The van der Waals surface area contributed by atoms with Crippen LogP contribution in [-0.4, -0.2) is 22.0 Å². The molecule has 0 aliphatic rings. The molecule has 0 bridgehead atoms. The standard InChI is InChI=1S/C11H11BrO4S/c1-5(13)9(12)7-4-6(2-3-8(7)17)10(14)11(15)16/h2-4,9-10,14,17H,1H3,(H,15,16). The largest absolute Gasteiger partial charge is 0.479 e. The van der Waals surface area contributed by atoms with Crippen molar-refractivity contribution in [3.8, 4) is 0 Å². The van der Waals surface area contributed by atoms with Crippen LogP contribution >= 0.6 is 28.6 Å². The predicted octanol–water partition coefficient (Wildman–Crippen LogP) is 2.12. The Morgan fingerprint density at radius 3 is 2.47 bits per heavy atom. The summed E-state index contributed by atoms with van der Waals surface area (Å²) in [6.45, 7) is 1.41. The number of halogens is 1. The Labute approximate surface area is 112 Å². The van der Waals surface area contributed by atoms with Gasteiger partial charge < -0.3 is 10.2 Å². The Hall–Kier alpha value is -0.850. The van der Waals surface area contributed by atoms with Gasteiger partial charge in [-0.05, 0) is 30.2 Å². The second-order valence-corrected chi connectivity index (χ2v) is 4.93. The van der Waals surface area contributed by atoms with E-state index < -0.39 is 16.9 Å². The minimum Gasteiger partial charge on any atom is -0.479 e. The molecular weight excluding hydrogens is 308 g/mol. The van der Waals surface area contributed by atoms with Crippen LogP contribution in [0.5, 0.6) is 0 Å². The summed E-state index contributed by atoms with van der Waals surface area (Å²) in [5, 5.41) is 18.1. The predicted molar refractivity (Wildman–Crippen MR) is 68.6 cm³/mol. The fourth-order valence-electron chi connectivity index (χ4n) is 1.31. The van der Waals surface area contributed by atoms with Gasteiger partial charge in [-0.1, -0.05) is 22.0 Å². The fourth-order valence-corrected chi connectivity index (χ4v) is 2.13. The van der Waals surface area contributed by atoms with Crippen LogP contribution in [0.4, 0.5) is 0 Å². The number of carboxylic acids is 1. The van der Waals surface area contributed by atoms with Crippen molar-refractivity contribution in [1.82, 2.24) is 0 Å². The molecule has 0 fully saturated rings. The molecule has 0 amide bonds. The van der Waals surface area contributed by atoms with E-state index in [1.807, 2.05) is 0 Å². The van der Waals surface area contributed by atoms with Gasteiger partial charge >= 0.3 is 5.97 Å². The van der Waals surface area contributed by atoms with Crippen molar-refractivity contribution < 1.29 is 19.8 Å². The smallest absolute Gasteiger partial charge is 0.337 e. The number of carbonyl (C=O) groups excluding carboxylic acids is 1. The zero-order chi connectivity index (χ0) is 13.2. The number of hydrogen-bond donors (Lipinski definition) is 3. The number of carboxylic acid groups (broad SMARTS) is 1.